The fourth-order valence-electron chi connectivity index (χ4n) is 2.60. The van der Waals surface area contributed by atoms with E-state index in [9.17, 15) is 5.11 Å². The van der Waals surface area contributed by atoms with E-state index in [1.165, 1.54) is 29.5 Å². The summed E-state index contributed by atoms with van der Waals surface area (Å²) in [4.78, 5) is 0. The Labute approximate surface area is 117 Å². The number of benzene rings is 1. The molecule has 0 aromatic heterocycles. The third-order valence-corrected chi connectivity index (χ3v) is 3.97. The topological polar surface area (TPSA) is 32.3 Å². The Morgan fingerprint density at radius 3 is 2.16 bits per heavy atom. The van der Waals surface area contributed by atoms with E-state index in [2.05, 4.69) is 52.1 Å². The number of nitrogens with one attached hydrogen (secondary N) is 1. The summed E-state index contributed by atoms with van der Waals surface area (Å²) in [5, 5.41) is 13.8. The van der Waals surface area contributed by atoms with Crippen molar-refractivity contribution < 1.29 is 5.11 Å². The first-order chi connectivity index (χ1) is 8.79. The van der Waals surface area contributed by atoms with Crippen molar-refractivity contribution in [3.63, 3.8) is 0 Å². The Morgan fingerprint density at radius 1 is 1.21 bits per heavy atom. The summed E-state index contributed by atoms with van der Waals surface area (Å²) in [5.41, 5.74) is 5.01. The Morgan fingerprint density at radius 2 is 1.74 bits per heavy atom. The highest BCUT2D eigenvalue weighted by atomic mass is 16.3. The highest BCUT2D eigenvalue weighted by Gasteiger charge is 2.23. The van der Waals surface area contributed by atoms with Crippen LogP contribution in [0, 0.1) is 13.8 Å². The monoisotopic (exact) mass is 261 g/mol. The summed E-state index contributed by atoms with van der Waals surface area (Å²) in [6.07, 6.45) is 2.12. The average molecular weight is 261 g/mol. The molecule has 0 spiro atoms. The van der Waals surface area contributed by atoms with Crippen molar-refractivity contribution in [1.82, 2.24) is 5.32 Å². The molecule has 0 aliphatic heterocycles. The lowest BCUT2D eigenvalue weighted by Gasteiger charge is -2.24. The fourth-order valence-corrected chi connectivity index (χ4v) is 2.60. The van der Waals surface area contributed by atoms with E-state index >= 15 is 0 Å². The van der Waals surface area contributed by atoms with E-state index in [-0.39, 0.29) is 5.41 Å². The van der Waals surface area contributed by atoms with Gasteiger partial charge in [-0.3, -0.25) is 0 Å². The molecule has 1 aliphatic carbocycles. The van der Waals surface area contributed by atoms with E-state index in [0.717, 1.165) is 5.56 Å². The zero-order valence-corrected chi connectivity index (χ0v) is 12.9. The van der Waals surface area contributed by atoms with Gasteiger partial charge >= 0.3 is 0 Å². The molecule has 1 fully saturated rings. The van der Waals surface area contributed by atoms with Gasteiger partial charge in [0, 0.05) is 12.6 Å². The zero-order valence-electron chi connectivity index (χ0n) is 12.9. The third-order valence-electron chi connectivity index (χ3n) is 3.97. The van der Waals surface area contributed by atoms with Crippen molar-refractivity contribution in [2.75, 3.05) is 6.54 Å². The smallest absolute Gasteiger partial charge is 0.0919 e. The van der Waals surface area contributed by atoms with Crippen LogP contribution in [0.2, 0.25) is 0 Å². The van der Waals surface area contributed by atoms with Gasteiger partial charge in [-0.25, -0.2) is 0 Å². The van der Waals surface area contributed by atoms with Crippen molar-refractivity contribution in [2.24, 2.45) is 0 Å². The van der Waals surface area contributed by atoms with E-state index in [1.807, 2.05) is 0 Å². The number of rotatable bonds is 4. The molecule has 1 aromatic carbocycles. The Kier molecular flexibility index (Phi) is 4.03. The van der Waals surface area contributed by atoms with Crippen LogP contribution in [0.3, 0.4) is 0 Å². The third kappa shape index (κ3) is 3.58. The number of aryl methyl sites for hydroxylation is 2. The van der Waals surface area contributed by atoms with Gasteiger partial charge in [-0.05, 0) is 54.4 Å². The summed E-state index contributed by atoms with van der Waals surface area (Å²) in [6.45, 7) is 11.6. The predicted molar refractivity (Wildman–Crippen MR) is 80.6 cm³/mol. The second-order valence-electron chi connectivity index (χ2n) is 6.97. The van der Waals surface area contributed by atoms with Crippen LogP contribution in [-0.4, -0.2) is 17.7 Å². The molecule has 0 bridgehead atoms. The van der Waals surface area contributed by atoms with Crippen LogP contribution < -0.4 is 5.32 Å². The molecule has 2 rings (SSSR count). The maximum atomic E-state index is 10.4. The lowest BCUT2D eigenvalue weighted by atomic mass is 9.83. The predicted octanol–water partition coefficient (Wildman–Crippen LogP) is 3.39. The Bertz CT molecular complexity index is 432. The Balaban J connectivity index is 2.20. The average Bonchev–Trinajstić information content (AvgIpc) is 3.07. The minimum absolute atomic E-state index is 0.158. The molecule has 1 saturated carbocycles. The molecule has 2 N–H and O–H groups in total. The largest absolute Gasteiger partial charge is 0.387 e. The fraction of sp³-hybridized carbons (Fsp3) is 0.647. The van der Waals surface area contributed by atoms with Crippen molar-refractivity contribution in [3.8, 4) is 0 Å². The number of hydrogen-bond acceptors (Lipinski definition) is 2. The van der Waals surface area contributed by atoms with Gasteiger partial charge in [0.25, 0.3) is 0 Å². The van der Waals surface area contributed by atoms with Crippen LogP contribution in [-0.2, 0) is 5.41 Å². The summed E-state index contributed by atoms with van der Waals surface area (Å²) in [6, 6.07) is 5.09. The van der Waals surface area contributed by atoms with E-state index in [1.54, 1.807) is 0 Å². The second kappa shape index (κ2) is 5.26. The molecule has 0 amide bonds. The lowest BCUT2D eigenvalue weighted by molar-refractivity contribution is 0.173. The van der Waals surface area contributed by atoms with Gasteiger partial charge in [-0.15, -0.1) is 0 Å². The van der Waals surface area contributed by atoms with Gasteiger partial charge in [0.15, 0.2) is 0 Å². The first kappa shape index (κ1) is 14.5. The maximum absolute atomic E-state index is 10.4. The second-order valence-corrected chi connectivity index (χ2v) is 6.97. The molecular formula is C17H27NO. The molecule has 0 radical (unpaired) electrons. The van der Waals surface area contributed by atoms with Crippen molar-refractivity contribution >= 4 is 0 Å². The van der Waals surface area contributed by atoms with Crippen LogP contribution in [0.5, 0.6) is 0 Å². The maximum Gasteiger partial charge on any atom is 0.0919 e. The summed E-state index contributed by atoms with van der Waals surface area (Å²) in [7, 11) is 0. The molecule has 2 heteroatoms. The molecule has 106 valence electrons. The van der Waals surface area contributed by atoms with Gasteiger partial charge < -0.3 is 10.4 Å². The van der Waals surface area contributed by atoms with Gasteiger partial charge in [-0.2, -0.15) is 0 Å². The molecule has 1 aromatic rings. The molecule has 19 heavy (non-hydrogen) atoms. The molecule has 0 saturated heterocycles. The van der Waals surface area contributed by atoms with Crippen LogP contribution in [0.25, 0.3) is 0 Å². The van der Waals surface area contributed by atoms with Crippen LogP contribution >= 0.6 is 0 Å². The summed E-state index contributed by atoms with van der Waals surface area (Å²) < 4.78 is 0. The van der Waals surface area contributed by atoms with E-state index < -0.39 is 6.10 Å². The SMILES string of the molecule is Cc1cc(C(C)(C)C)cc(C)c1C(O)CNC1CC1. The normalized spacial score (nSPS) is 17.6. The molecule has 1 unspecified atom stereocenters. The van der Waals surface area contributed by atoms with Crippen LogP contribution in [0.1, 0.15) is 62.0 Å². The minimum atomic E-state index is -0.394. The first-order valence-electron chi connectivity index (χ1n) is 7.32. The summed E-state index contributed by atoms with van der Waals surface area (Å²) >= 11 is 0. The molecule has 1 atom stereocenters. The van der Waals surface area contributed by atoms with Gasteiger partial charge in [0.1, 0.15) is 0 Å². The van der Waals surface area contributed by atoms with Crippen molar-refractivity contribution in [2.45, 2.75) is 65.0 Å². The molecule has 2 nitrogen and oxygen atoms in total. The molecule has 1 aliphatic rings. The summed E-state index contributed by atoms with van der Waals surface area (Å²) in [5.74, 6) is 0. The van der Waals surface area contributed by atoms with Crippen LogP contribution in [0.4, 0.5) is 0 Å². The van der Waals surface area contributed by atoms with Gasteiger partial charge in [0.2, 0.25) is 0 Å². The van der Waals surface area contributed by atoms with E-state index in [4.69, 9.17) is 0 Å². The van der Waals surface area contributed by atoms with Crippen molar-refractivity contribution in [1.29, 1.82) is 0 Å². The highest BCUT2D eigenvalue weighted by molar-refractivity contribution is 5.41. The Hall–Kier alpha value is -0.860. The molecule has 0 heterocycles. The number of hydrogen-bond donors (Lipinski definition) is 2. The molecular weight excluding hydrogens is 234 g/mol. The minimum Gasteiger partial charge on any atom is -0.387 e. The first-order valence-corrected chi connectivity index (χ1v) is 7.32. The highest BCUT2D eigenvalue weighted by Crippen LogP contribution is 2.30. The quantitative estimate of drug-likeness (QED) is 0.871. The van der Waals surface area contributed by atoms with Gasteiger partial charge in [-0.1, -0.05) is 32.9 Å². The standard InChI is InChI=1S/C17H27NO/c1-11-8-13(17(3,4)5)9-12(2)16(11)15(19)10-18-14-6-7-14/h8-9,14-15,18-19H,6-7,10H2,1-5H3. The number of aliphatic hydroxyl groups is 1. The van der Waals surface area contributed by atoms with E-state index in [0.29, 0.717) is 12.6 Å². The number of aliphatic hydroxyl groups excluding tert-OH is 1. The lowest BCUT2D eigenvalue weighted by Crippen LogP contribution is -2.24. The van der Waals surface area contributed by atoms with Crippen LogP contribution in [0.15, 0.2) is 12.1 Å². The van der Waals surface area contributed by atoms with Gasteiger partial charge in [0.05, 0.1) is 6.10 Å². The zero-order chi connectivity index (χ0) is 14.2. The van der Waals surface area contributed by atoms with Crippen molar-refractivity contribution in [3.05, 3.63) is 34.4 Å².